The molecule has 0 spiro atoms. The average molecular weight is 222 g/mol. The molecule has 1 nitrogen and oxygen atoms in total. The van der Waals surface area contributed by atoms with E-state index in [1.54, 1.807) is 0 Å². The number of hydrogen-bond acceptors (Lipinski definition) is 2. The van der Waals surface area contributed by atoms with E-state index in [0.29, 0.717) is 17.8 Å². The van der Waals surface area contributed by atoms with Crippen molar-refractivity contribution in [3.05, 3.63) is 29.3 Å². The highest BCUT2D eigenvalue weighted by molar-refractivity contribution is 8.00. The van der Waals surface area contributed by atoms with Crippen LogP contribution in [-0.2, 0) is 6.42 Å². The van der Waals surface area contributed by atoms with Crippen molar-refractivity contribution >= 4 is 11.8 Å². The SMILES string of the molecule is CC(C)c1ccc2c(c1)SC(CO)CC2. The molecule has 1 aliphatic rings. The molecule has 1 unspecified atom stereocenters. The number of thioether (sulfide) groups is 1. The Balaban J connectivity index is 2.26. The van der Waals surface area contributed by atoms with Gasteiger partial charge in [0, 0.05) is 10.1 Å². The van der Waals surface area contributed by atoms with E-state index in [-0.39, 0.29) is 0 Å². The summed E-state index contributed by atoms with van der Waals surface area (Å²) in [6, 6.07) is 6.79. The Morgan fingerprint density at radius 2 is 2.27 bits per heavy atom. The number of rotatable bonds is 2. The Bertz CT molecular complexity index is 346. The lowest BCUT2D eigenvalue weighted by Crippen LogP contribution is -2.14. The van der Waals surface area contributed by atoms with Crippen molar-refractivity contribution in [2.75, 3.05) is 6.61 Å². The van der Waals surface area contributed by atoms with Gasteiger partial charge in [0.2, 0.25) is 0 Å². The zero-order valence-electron chi connectivity index (χ0n) is 9.36. The first-order valence-electron chi connectivity index (χ1n) is 5.61. The number of hydrogen-bond donors (Lipinski definition) is 1. The van der Waals surface area contributed by atoms with Gasteiger partial charge in [0.25, 0.3) is 0 Å². The molecule has 0 aliphatic carbocycles. The molecular weight excluding hydrogens is 204 g/mol. The Kier molecular flexibility index (Phi) is 3.37. The van der Waals surface area contributed by atoms with E-state index in [1.807, 2.05) is 11.8 Å². The van der Waals surface area contributed by atoms with Crippen LogP contribution >= 0.6 is 11.8 Å². The fourth-order valence-corrected chi connectivity index (χ4v) is 3.12. The second-order valence-corrected chi connectivity index (χ2v) is 5.83. The van der Waals surface area contributed by atoms with E-state index >= 15 is 0 Å². The highest BCUT2D eigenvalue weighted by atomic mass is 32.2. The third-order valence-electron chi connectivity index (χ3n) is 2.99. The van der Waals surface area contributed by atoms with Crippen molar-refractivity contribution < 1.29 is 5.11 Å². The standard InChI is InChI=1S/C13H18OS/c1-9(2)11-4-3-10-5-6-12(8-14)15-13(10)7-11/h3-4,7,9,12,14H,5-6,8H2,1-2H3. The van der Waals surface area contributed by atoms with Gasteiger partial charge in [0.15, 0.2) is 0 Å². The van der Waals surface area contributed by atoms with Crippen LogP contribution in [0, 0.1) is 0 Å². The van der Waals surface area contributed by atoms with Gasteiger partial charge in [-0.25, -0.2) is 0 Å². The maximum absolute atomic E-state index is 9.17. The van der Waals surface area contributed by atoms with Crippen molar-refractivity contribution in [2.45, 2.75) is 42.8 Å². The number of aliphatic hydroxyl groups excluding tert-OH is 1. The van der Waals surface area contributed by atoms with Gasteiger partial charge in [-0.15, -0.1) is 11.8 Å². The summed E-state index contributed by atoms with van der Waals surface area (Å²) in [6.07, 6.45) is 2.22. The van der Waals surface area contributed by atoms with E-state index in [4.69, 9.17) is 0 Å². The molecule has 1 aliphatic heterocycles. The second-order valence-electron chi connectivity index (χ2n) is 4.48. The van der Waals surface area contributed by atoms with E-state index in [1.165, 1.54) is 16.0 Å². The van der Waals surface area contributed by atoms with Crippen molar-refractivity contribution in [1.29, 1.82) is 0 Å². The minimum absolute atomic E-state index is 0.302. The molecule has 0 amide bonds. The summed E-state index contributed by atoms with van der Waals surface area (Å²) in [6.45, 7) is 4.74. The second kappa shape index (κ2) is 4.58. The maximum Gasteiger partial charge on any atom is 0.0553 e. The predicted molar refractivity (Wildman–Crippen MR) is 65.6 cm³/mol. The van der Waals surface area contributed by atoms with Crippen LogP contribution in [0.15, 0.2) is 23.1 Å². The molecule has 2 heteroatoms. The first-order valence-corrected chi connectivity index (χ1v) is 6.49. The quantitative estimate of drug-likeness (QED) is 0.829. The molecule has 2 rings (SSSR count). The van der Waals surface area contributed by atoms with E-state index in [0.717, 1.165) is 12.8 Å². The Morgan fingerprint density at radius 3 is 2.93 bits per heavy atom. The summed E-state index contributed by atoms with van der Waals surface area (Å²) in [5.41, 5.74) is 2.86. The number of aryl methyl sites for hydroxylation is 1. The average Bonchev–Trinajstić information content (AvgIpc) is 2.27. The molecule has 0 saturated carbocycles. The molecule has 0 fully saturated rings. The number of aliphatic hydroxyl groups is 1. The van der Waals surface area contributed by atoms with Gasteiger partial charge in [-0.3, -0.25) is 0 Å². The molecule has 0 bridgehead atoms. The van der Waals surface area contributed by atoms with Gasteiger partial charge in [-0.05, 0) is 36.0 Å². The van der Waals surface area contributed by atoms with Crippen LogP contribution in [0.2, 0.25) is 0 Å². The van der Waals surface area contributed by atoms with Crippen molar-refractivity contribution in [1.82, 2.24) is 0 Å². The van der Waals surface area contributed by atoms with E-state index in [2.05, 4.69) is 32.0 Å². The minimum Gasteiger partial charge on any atom is -0.395 e. The largest absolute Gasteiger partial charge is 0.395 e. The minimum atomic E-state index is 0.302. The van der Waals surface area contributed by atoms with Gasteiger partial charge in [0.1, 0.15) is 0 Å². The van der Waals surface area contributed by atoms with Crippen LogP contribution in [0.25, 0.3) is 0 Å². The molecule has 0 aromatic heterocycles. The first-order chi connectivity index (χ1) is 7.20. The van der Waals surface area contributed by atoms with Gasteiger partial charge >= 0.3 is 0 Å². The summed E-state index contributed by atoms with van der Waals surface area (Å²) in [4.78, 5) is 1.38. The van der Waals surface area contributed by atoms with E-state index < -0.39 is 0 Å². The Hall–Kier alpha value is -0.470. The molecule has 0 radical (unpaired) electrons. The highest BCUT2D eigenvalue weighted by Gasteiger charge is 2.18. The summed E-state index contributed by atoms with van der Waals surface area (Å²) >= 11 is 1.84. The fraction of sp³-hybridized carbons (Fsp3) is 0.538. The molecule has 0 saturated heterocycles. The molecule has 82 valence electrons. The molecule has 15 heavy (non-hydrogen) atoms. The zero-order chi connectivity index (χ0) is 10.8. The third-order valence-corrected chi connectivity index (χ3v) is 4.34. The van der Waals surface area contributed by atoms with Crippen molar-refractivity contribution in [2.24, 2.45) is 0 Å². The zero-order valence-corrected chi connectivity index (χ0v) is 10.2. The van der Waals surface area contributed by atoms with Crippen LogP contribution in [0.1, 0.15) is 37.3 Å². The monoisotopic (exact) mass is 222 g/mol. The summed E-state index contributed by atoms with van der Waals surface area (Å²) in [5, 5.41) is 9.58. The highest BCUT2D eigenvalue weighted by Crippen LogP contribution is 2.36. The van der Waals surface area contributed by atoms with Gasteiger partial charge < -0.3 is 5.11 Å². The molecule has 1 heterocycles. The Labute approximate surface area is 95.9 Å². The summed E-state index contributed by atoms with van der Waals surface area (Å²) < 4.78 is 0. The van der Waals surface area contributed by atoms with Gasteiger partial charge in [-0.1, -0.05) is 26.0 Å². The molecule has 1 aromatic rings. The number of benzene rings is 1. The normalized spacial score (nSPS) is 20.4. The van der Waals surface area contributed by atoms with Crippen molar-refractivity contribution in [3.63, 3.8) is 0 Å². The predicted octanol–water partition coefficient (Wildman–Crippen LogP) is 3.21. The molecular formula is C13H18OS. The molecule has 1 aromatic carbocycles. The Morgan fingerprint density at radius 1 is 1.47 bits per heavy atom. The van der Waals surface area contributed by atoms with Crippen LogP contribution in [-0.4, -0.2) is 17.0 Å². The van der Waals surface area contributed by atoms with Crippen LogP contribution < -0.4 is 0 Å². The fourth-order valence-electron chi connectivity index (χ4n) is 1.93. The van der Waals surface area contributed by atoms with Crippen LogP contribution in [0.4, 0.5) is 0 Å². The topological polar surface area (TPSA) is 20.2 Å². The lowest BCUT2D eigenvalue weighted by Gasteiger charge is -2.23. The van der Waals surface area contributed by atoms with Crippen LogP contribution in [0.3, 0.4) is 0 Å². The van der Waals surface area contributed by atoms with Gasteiger partial charge in [-0.2, -0.15) is 0 Å². The van der Waals surface area contributed by atoms with Gasteiger partial charge in [0.05, 0.1) is 6.61 Å². The third kappa shape index (κ3) is 2.37. The lowest BCUT2D eigenvalue weighted by molar-refractivity contribution is 0.289. The summed E-state index contributed by atoms with van der Waals surface area (Å²) in [5.74, 6) is 0.588. The smallest absolute Gasteiger partial charge is 0.0553 e. The van der Waals surface area contributed by atoms with Crippen molar-refractivity contribution in [3.8, 4) is 0 Å². The first kappa shape index (κ1) is 11.0. The number of fused-ring (bicyclic) bond motifs is 1. The maximum atomic E-state index is 9.17. The van der Waals surface area contributed by atoms with Crippen LogP contribution in [0.5, 0.6) is 0 Å². The molecule has 1 N–H and O–H groups in total. The van der Waals surface area contributed by atoms with E-state index in [9.17, 15) is 5.11 Å². The molecule has 1 atom stereocenters. The summed E-state index contributed by atoms with van der Waals surface area (Å²) in [7, 11) is 0. The lowest BCUT2D eigenvalue weighted by atomic mass is 9.99.